The van der Waals surface area contributed by atoms with Crippen LogP contribution in [-0.4, -0.2) is 4.21 Å². The predicted molar refractivity (Wildman–Crippen MR) is 88.1 cm³/mol. The van der Waals surface area contributed by atoms with Gasteiger partial charge in [0.2, 0.25) is 0 Å². The van der Waals surface area contributed by atoms with Crippen LogP contribution in [0.3, 0.4) is 0 Å². The maximum Gasteiger partial charge on any atom is 0.125 e. The van der Waals surface area contributed by atoms with Gasteiger partial charge in [-0.2, -0.15) is 0 Å². The van der Waals surface area contributed by atoms with E-state index in [4.69, 9.17) is 0 Å². The minimum absolute atomic E-state index is 0.356. The molecule has 0 aliphatic rings. The Labute approximate surface area is 131 Å². The Balaban J connectivity index is 2.15. The van der Waals surface area contributed by atoms with E-state index in [0.29, 0.717) is 0 Å². The first-order chi connectivity index (χ1) is 9.53. The zero-order valence-electron chi connectivity index (χ0n) is 11.6. The van der Waals surface area contributed by atoms with Crippen molar-refractivity contribution in [1.82, 2.24) is 4.72 Å². The second-order valence-corrected chi connectivity index (χ2v) is 6.91. The number of hydrogen-bond donors (Lipinski definition) is 1. The summed E-state index contributed by atoms with van der Waals surface area (Å²) in [5.41, 5.74) is 1.99. The Hall–Kier alpha value is -0.970. The van der Waals surface area contributed by atoms with Gasteiger partial charge in [0.15, 0.2) is 0 Å². The normalized spacial score (nSPS) is 13.2. The lowest BCUT2D eigenvalue weighted by Gasteiger charge is -2.26. The third-order valence-electron chi connectivity index (χ3n) is 3.14. The average Bonchev–Trinajstić information content (AvgIpc) is 2.48. The highest BCUT2D eigenvalue weighted by molar-refractivity contribution is 9.08. The van der Waals surface area contributed by atoms with Crippen molar-refractivity contribution < 1.29 is 4.21 Å². The molecule has 106 valence electrons. The Morgan fingerprint density at radius 2 is 1.65 bits per heavy atom. The summed E-state index contributed by atoms with van der Waals surface area (Å²) in [5.74, 6) is 0. The summed E-state index contributed by atoms with van der Waals surface area (Å²) in [6.07, 6.45) is 0. The van der Waals surface area contributed by atoms with Gasteiger partial charge in [0.05, 0.1) is 10.4 Å². The number of benzene rings is 2. The van der Waals surface area contributed by atoms with Crippen LogP contribution in [0.25, 0.3) is 0 Å². The number of hydrogen-bond acceptors (Lipinski definition) is 1. The lowest BCUT2D eigenvalue weighted by Crippen LogP contribution is -2.37. The van der Waals surface area contributed by atoms with Gasteiger partial charge in [0, 0.05) is 5.33 Å². The highest BCUT2D eigenvalue weighted by atomic mass is 79.9. The summed E-state index contributed by atoms with van der Waals surface area (Å²) in [7, 11) is -1.22. The van der Waals surface area contributed by atoms with Crippen LogP contribution >= 0.6 is 15.9 Å². The summed E-state index contributed by atoms with van der Waals surface area (Å²) < 4.78 is 15.5. The lowest BCUT2D eigenvalue weighted by molar-refractivity contribution is 0.495. The average molecular weight is 352 g/mol. The van der Waals surface area contributed by atoms with E-state index in [0.717, 1.165) is 15.8 Å². The molecule has 0 amide bonds. The maximum atomic E-state index is 12.3. The van der Waals surface area contributed by atoms with Gasteiger partial charge in [0.1, 0.15) is 11.0 Å². The van der Waals surface area contributed by atoms with Crippen molar-refractivity contribution >= 4 is 26.9 Å². The summed E-state index contributed by atoms with van der Waals surface area (Å²) >= 11 is 3.44. The van der Waals surface area contributed by atoms with Gasteiger partial charge in [-0.1, -0.05) is 58.4 Å². The largest absolute Gasteiger partial charge is 0.237 e. The molecule has 2 aromatic rings. The molecule has 0 saturated heterocycles. The Kier molecular flexibility index (Phi) is 5.13. The summed E-state index contributed by atoms with van der Waals surface area (Å²) in [6, 6.07) is 17.8. The molecular weight excluding hydrogens is 334 g/mol. The SMILES string of the molecule is CC(C)(NS(=O)c1ccccc1)c1ccc(CBr)cc1. The molecule has 0 heterocycles. The summed E-state index contributed by atoms with van der Waals surface area (Å²) in [5, 5.41) is 0.844. The van der Waals surface area contributed by atoms with E-state index in [-0.39, 0.29) is 5.54 Å². The van der Waals surface area contributed by atoms with Crippen LogP contribution in [0.15, 0.2) is 59.5 Å². The van der Waals surface area contributed by atoms with Crippen molar-refractivity contribution in [1.29, 1.82) is 0 Å². The smallest absolute Gasteiger partial charge is 0.125 e. The second-order valence-electron chi connectivity index (χ2n) is 5.14. The maximum absolute atomic E-state index is 12.3. The molecule has 0 radical (unpaired) electrons. The Bertz CT molecular complexity index is 581. The van der Waals surface area contributed by atoms with Gasteiger partial charge in [-0.15, -0.1) is 0 Å². The topological polar surface area (TPSA) is 29.1 Å². The highest BCUT2D eigenvalue weighted by Gasteiger charge is 2.23. The first-order valence-electron chi connectivity index (χ1n) is 6.43. The van der Waals surface area contributed by atoms with Crippen LogP contribution in [-0.2, 0) is 21.9 Å². The zero-order valence-corrected chi connectivity index (χ0v) is 14.0. The molecule has 4 heteroatoms. The van der Waals surface area contributed by atoms with Gasteiger partial charge in [-0.05, 0) is 37.1 Å². The summed E-state index contributed by atoms with van der Waals surface area (Å²) in [4.78, 5) is 0.789. The predicted octanol–water partition coefficient (Wildman–Crippen LogP) is 4.13. The molecule has 1 N–H and O–H groups in total. The quantitative estimate of drug-likeness (QED) is 0.806. The molecule has 2 nitrogen and oxygen atoms in total. The zero-order chi connectivity index (χ0) is 14.6. The molecule has 1 atom stereocenters. The molecule has 2 aromatic carbocycles. The summed E-state index contributed by atoms with van der Waals surface area (Å²) in [6.45, 7) is 4.08. The van der Waals surface area contributed by atoms with E-state index in [1.165, 1.54) is 5.56 Å². The molecule has 0 spiro atoms. The third-order valence-corrected chi connectivity index (χ3v) is 5.18. The molecular formula is C16H18BrNOS. The van der Waals surface area contributed by atoms with E-state index in [1.807, 2.05) is 44.2 Å². The minimum atomic E-state index is -1.22. The fraction of sp³-hybridized carbons (Fsp3) is 0.250. The molecule has 0 aliphatic heterocycles. The monoisotopic (exact) mass is 351 g/mol. The van der Waals surface area contributed by atoms with Gasteiger partial charge < -0.3 is 0 Å². The van der Waals surface area contributed by atoms with Crippen LogP contribution in [0.2, 0.25) is 0 Å². The molecule has 0 aromatic heterocycles. The van der Waals surface area contributed by atoms with Crippen molar-refractivity contribution in [3.05, 3.63) is 65.7 Å². The number of rotatable bonds is 5. The fourth-order valence-corrected chi connectivity index (χ4v) is 3.38. The van der Waals surface area contributed by atoms with E-state index < -0.39 is 11.0 Å². The molecule has 20 heavy (non-hydrogen) atoms. The standard InChI is InChI=1S/C16H18BrNOS/c1-16(2,14-10-8-13(12-17)9-11-14)18-20(19)15-6-4-3-5-7-15/h3-11,18H,12H2,1-2H3. The van der Waals surface area contributed by atoms with Crippen molar-refractivity contribution in [2.45, 2.75) is 29.6 Å². The molecule has 0 saturated carbocycles. The van der Waals surface area contributed by atoms with Crippen LogP contribution in [0.5, 0.6) is 0 Å². The third kappa shape index (κ3) is 3.78. The van der Waals surface area contributed by atoms with Gasteiger partial charge in [-0.3, -0.25) is 0 Å². The molecule has 2 rings (SSSR count). The Morgan fingerprint density at radius 3 is 2.20 bits per heavy atom. The first kappa shape index (κ1) is 15.4. The second kappa shape index (κ2) is 6.66. The van der Waals surface area contributed by atoms with E-state index >= 15 is 0 Å². The molecule has 1 unspecified atom stereocenters. The van der Waals surface area contributed by atoms with Crippen molar-refractivity contribution in [3.63, 3.8) is 0 Å². The minimum Gasteiger partial charge on any atom is -0.237 e. The fourth-order valence-electron chi connectivity index (χ4n) is 1.90. The van der Waals surface area contributed by atoms with Crippen molar-refractivity contribution in [2.75, 3.05) is 0 Å². The lowest BCUT2D eigenvalue weighted by atomic mass is 9.95. The van der Waals surface area contributed by atoms with Crippen molar-refractivity contribution in [3.8, 4) is 0 Å². The van der Waals surface area contributed by atoms with E-state index in [1.54, 1.807) is 0 Å². The molecule has 0 bridgehead atoms. The molecule has 0 aliphatic carbocycles. The van der Waals surface area contributed by atoms with E-state index in [9.17, 15) is 4.21 Å². The Morgan fingerprint density at radius 1 is 1.05 bits per heavy atom. The number of nitrogens with one attached hydrogen (secondary N) is 1. The number of alkyl halides is 1. The molecule has 0 fully saturated rings. The first-order valence-corrected chi connectivity index (χ1v) is 8.70. The van der Waals surface area contributed by atoms with E-state index in [2.05, 4.69) is 44.9 Å². The van der Waals surface area contributed by atoms with Crippen molar-refractivity contribution in [2.24, 2.45) is 0 Å². The van der Waals surface area contributed by atoms with Gasteiger partial charge in [-0.25, -0.2) is 8.93 Å². The van der Waals surface area contributed by atoms with Crippen LogP contribution in [0.4, 0.5) is 0 Å². The van der Waals surface area contributed by atoms with Crippen LogP contribution in [0.1, 0.15) is 25.0 Å². The van der Waals surface area contributed by atoms with Gasteiger partial charge in [0.25, 0.3) is 0 Å². The van der Waals surface area contributed by atoms with Gasteiger partial charge >= 0.3 is 0 Å². The number of halogens is 1. The van der Waals surface area contributed by atoms with Crippen LogP contribution < -0.4 is 4.72 Å². The van der Waals surface area contributed by atoms with Crippen LogP contribution in [0, 0.1) is 0 Å². The highest BCUT2D eigenvalue weighted by Crippen LogP contribution is 2.22.